The summed E-state index contributed by atoms with van der Waals surface area (Å²) in [6, 6.07) is 14.3. The normalized spacial score (nSPS) is 15.9. The molecule has 2 heterocycles. The standard InChI is InChI=1S/C27H32ClN3O5S/c1-4-31-15-13-22(14-16-31)37(33,34)17-20-9-11-21(12-10-20)26-25(18(2)30-36-26)29-27(32)35-19(3)23-7-5-6-8-24(23)28/h5-12,19,22H,4,13-17H2,1-3H3,(H,29,32). The summed E-state index contributed by atoms with van der Waals surface area (Å²) in [5.74, 6) is 0.359. The second-order valence-corrected chi connectivity index (χ2v) is 12.0. The molecular formula is C27H32ClN3O5S. The summed E-state index contributed by atoms with van der Waals surface area (Å²) in [5.41, 5.74) is 2.94. The summed E-state index contributed by atoms with van der Waals surface area (Å²) in [7, 11) is -3.25. The second-order valence-electron chi connectivity index (χ2n) is 9.30. The molecule has 1 amide bonds. The maximum Gasteiger partial charge on any atom is 0.412 e. The number of benzene rings is 2. The highest BCUT2D eigenvalue weighted by atomic mass is 35.5. The molecule has 0 aliphatic carbocycles. The molecule has 1 aromatic heterocycles. The Morgan fingerprint density at radius 3 is 2.51 bits per heavy atom. The highest BCUT2D eigenvalue weighted by molar-refractivity contribution is 7.91. The van der Waals surface area contributed by atoms with Crippen LogP contribution in [0.2, 0.25) is 5.02 Å². The van der Waals surface area contributed by atoms with E-state index >= 15 is 0 Å². The van der Waals surface area contributed by atoms with Gasteiger partial charge in [0.25, 0.3) is 0 Å². The smallest absolute Gasteiger partial charge is 0.412 e. The van der Waals surface area contributed by atoms with Crippen LogP contribution in [0, 0.1) is 6.92 Å². The largest absolute Gasteiger partial charge is 0.441 e. The predicted octanol–water partition coefficient (Wildman–Crippen LogP) is 6.01. The van der Waals surface area contributed by atoms with Crippen LogP contribution < -0.4 is 5.32 Å². The number of carbonyl (C=O) groups excluding carboxylic acids is 1. The summed E-state index contributed by atoms with van der Waals surface area (Å²) >= 11 is 6.21. The van der Waals surface area contributed by atoms with Gasteiger partial charge in [0, 0.05) is 16.1 Å². The number of rotatable bonds is 8. The molecule has 1 aliphatic rings. The third kappa shape index (κ3) is 6.52. The number of likely N-dealkylation sites (tertiary alicyclic amines) is 1. The van der Waals surface area contributed by atoms with Gasteiger partial charge in [-0.3, -0.25) is 5.32 Å². The van der Waals surface area contributed by atoms with E-state index in [1.54, 1.807) is 50.2 Å². The maximum atomic E-state index is 13.0. The van der Waals surface area contributed by atoms with E-state index in [1.165, 1.54) is 0 Å². The van der Waals surface area contributed by atoms with Crippen LogP contribution in [-0.4, -0.2) is 49.5 Å². The first kappa shape index (κ1) is 27.2. The maximum absolute atomic E-state index is 13.0. The van der Waals surface area contributed by atoms with Gasteiger partial charge in [-0.05, 0) is 58.0 Å². The molecule has 2 aromatic carbocycles. The summed E-state index contributed by atoms with van der Waals surface area (Å²) in [6.45, 7) is 8.13. The fourth-order valence-electron chi connectivity index (χ4n) is 4.56. The van der Waals surface area contributed by atoms with Crippen molar-refractivity contribution in [2.75, 3.05) is 25.0 Å². The summed E-state index contributed by atoms with van der Waals surface area (Å²) in [6.07, 6.45) is 0.113. The molecule has 0 bridgehead atoms. The molecule has 1 atom stereocenters. The Morgan fingerprint density at radius 2 is 1.86 bits per heavy atom. The number of ether oxygens (including phenoxy) is 1. The number of halogens is 1. The van der Waals surface area contributed by atoms with E-state index in [-0.39, 0.29) is 11.0 Å². The van der Waals surface area contributed by atoms with Crippen molar-refractivity contribution in [1.29, 1.82) is 0 Å². The third-order valence-electron chi connectivity index (χ3n) is 6.79. The first-order valence-electron chi connectivity index (χ1n) is 12.4. The number of nitrogens with one attached hydrogen (secondary N) is 1. The van der Waals surface area contributed by atoms with Crippen LogP contribution in [-0.2, 0) is 20.3 Å². The lowest BCUT2D eigenvalue weighted by Crippen LogP contribution is -2.39. The number of sulfone groups is 1. The number of nitrogens with zero attached hydrogens (tertiary/aromatic N) is 2. The van der Waals surface area contributed by atoms with E-state index in [0.29, 0.717) is 51.7 Å². The zero-order valence-electron chi connectivity index (χ0n) is 21.2. The molecule has 37 heavy (non-hydrogen) atoms. The number of aryl methyl sites for hydroxylation is 1. The molecule has 8 nitrogen and oxygen atoms in total. The number of amides is 1. The van der Waals surface area contributed by atoms with Gasteiger partial charge in [-0.2, -0.15) is 0 Å². The van der Waals surface area contributed by atoms with Crippen LogP contribution >= 0.6 is 11.6 Å². The number of hydrogen-bond donors (Lipinski definition) is 1. The minimum atomic E-state index is -3.25. The average Bonchev–Trinajstić information content (AvgIpc) is 3.24. The van der Waals surface area contributed by atoms with Crippen molar-refractivity contribution in [1.82, 2.24) is 10.1 Å². The number of piperidine rings is 1. The van der Waals surface area contributed by atoms with Gasteiger partial charge in [0.15, 0.2) is 15.6 Å². The van der Waals surface area contributed by atoms with Crippen molar-refractivity contribution in [3.8, 4) is 11.3 Å². The molecule has 1 fully saturated rings. The Kier molecular flexibility index (Phi) is 8.56. The second kappa shape index (κ2) is 11.7. The Balaban J connectivity index is 1.42. The lowest BCUT2D eigenvalue weighted by atomic mass is 10.1. The number of carbonyl (C=O) groups is 1. The van der Waals surface area contributed by atoms with E-state index in [0.717, 1.165) is 19.6 Å². The quantitative estimate of drug-likeness (QED) is 0.369. The first-order chi connectivity index (χ1) is 17.7. The minimum Gasteiger partial charge on any atom is -0.441 e. The van der Waals surface area contributed by atoms with Gasteiger partial charge in [0.2, 0.25) is 0 Å². The lowest BCUT2D eigenvalue weighted by molar-refractivity contribution is 0.121. The number of aromatic nitrogens is 1. The molecule has 1 unspecified atom stereocenters. The van der Waals surface area contributed by atoms with Crippen molar-refractivity contribution < 1.29 is 22.5 Å². The zero-order valence-corrected chi connectivity index (χ0v) is 22.8. The average molecular weight is 546 g/mol. The zero-order chi connectivity index (χ0) is 26.6. The topological polar surface area (TPSA) is 102 Å². The molecule has 198 valence electrons. The van der Waals surface area contributed by atoms with E-state index in [2.05, 4.69) is 22.3 Å². The molecule has 10 heteroatoms. The third-order valence-corrected chi connectivity index (χ3v) is 9.36. The van der Waals surface area contributed by atoms with Crippen LogP contribution in [0.5, 0.6) is 0 Å². The van der Waals surface area contributed by atoms with Crippen LogP contribution in [0.4, 0.5) is 10.5 Å². The first-order valence-corrected chi connectivity index (χ1v) is 14.5. The molecule has 1 aliphatic heterocycles. The Hall–Kier alpha value is -2.88. The van der Waals surface area contributed by atoms with Gasteiger partial charge in [0.1, 0.15) is 17.5 Å². The highest BCUT2D eigenvalue weighted by Crippen LogP contribution is 2.32. The molecule has 3 aromatic rings. The van der Waals surface area contributed by atoms with Crippen LogP contribution in [0.25, 0.3) is 11.3 Å². The van der Waals surface area contributed by atoms with E-state index < -0.39 is 22.0 Å². The fraction of sp³-hybridized carbons (Fsp3) is 0.407. The molecule has 1 saturated heterocycles. The van der Waals surface area contributed by atoms with Gasteiger partial charge < -0.3 is 14.2 Å². The van der Waals surface area contributed by atoms with Gasteiger partial charge >= 0.3 is 6.09 Å². The molecule has 4 rings (SSSR count). The lowest BCUT2D eigenvalue weighted by Gasteiger charge is -2.30. The minimum absolute atomic E-state index is 0.00310. The van der Waals surface area contributed by atoms with Crippen molar-refractivity contribution in [2.45, 2.75) is 50.7 Å². The summed E-state index contributed by atoms with van der Waals surface area (Å²) in [4.78, 5) is 14.9. The van der Waals surface area contributed by atoms with Crippen molar-refractivity contribution in [2.24, 2.45) is 0 Å². The van der Waals surface area contributed by atoms with Crippen LogP contribution in [0.3, 0.4) is 0 Å². The number of anilines is 1. The van der Waals surface area contributed by atoms with E-state index in [9.17, 15) is 13.2 Å². The predicted molar refractivity (Wildman–Crippen MR) is 144 cm³/mol. The Morgan fingerprint density at radius 1 is 1.19 bits per heavy atom. The SMILES string of the molecule is CCN1CCC(S(=O)(=O)Cc2ccc(-c3onc(C)c3NC(=O)OC(C)c3ccccc3Cl)cc2)CC1. The summed E-state index contributed by atoms with van der Waals surface area (Å²) < 4.78 is 36.9. The number of hydrogen-bond acceptors (Lipinski definition) is 7. The van der Waals surface area contributed by atoms with Crippen molar-refractivity contribution in [3.05, 3.63) is 70.4 Å². The van der Waals surface area contributed by atoms with Crippen LogP contribution in [0.15, 0.2) is 53.1 Å². The van der Waals surface area contributed by atoms with E-state index in [4.69, 9.17) is 20.9 Å². The molecule has 0 spiro atoms. The molecule has 0 saturated carbocycles. The molecular weight excluding hydrogens is 514 g/mol. The summed E-state index contributed by atoms with van der Waals surface area (Å²) in [5, 5.41) is 6.92. The monoisotopic (exact) mass is 545 g/mol. The Bertz CT molecular complexity index is 1330. The van der Waals surface area contributed by atoms with Crippen molar-refractivity contribution in [3.63, 3.8) is 0 Å². The van der Waals surface area contributed by atoms with Gasteiger partial charge in [0.05, 0.1) is 11.0 Å². The van der Waals surface area contributed by atoms with Crippen LogP contribution in [0.1, 0.15) is 49.6 Å². The van der Waals surface area contributed by atoms with Gasteiger partial charge in [-0.15, -0.1) is 0 Å². The van der Waals surface area contributed by atoms with Crippen molar-refractivity contribution >= 4 is 33.2 Å². The Labute approximate surface area is 222 Å². The van der Waals surface area contributed by atoms with Gasteiger partial charge in [-0.25, -0.2) is 13.2 Å². The van der Waals surface area contributed by atoms with E-state index in [1.807, 2.05) is 12.1 Å². The highest BCUT2D eigenvalue weighted by Gasteiger charge is 2.29. The molecule has 0 radical (unpaired) electrons. The molecule has 1 N–H and O–H groups in total. The fourth-order valence-corrected chi connectivity index (χ4v) is 6.67. The van der Waals surface area contributed by atoms with Gasteiger partial charge in [-0.1, -0.05) is 66.1 Å².